The molecule has 116 valence electrons. The summed E-state index contributed by atoms with van der Waals surface area (Å²) in [5, 5.41) is 6.27. The van der Waals surface area contributed by atoms with Gasteiger partial charge in [0.15, 0.2) is 0 Å². The lowest BCUT2D eigenvalue weighted by molar-refractivity contribution is -0.140. The molecule has 2 N–H and O–H groups in total. The summed E-state index contributed by atoms with van der Waals surface area (Å²) in [7, 11) is 1.55. The predicted molar refractivity (Wildman–Crippen MR) is 80.2 cm³/mol. The number of nitrogens with zero attached hydrogens (tertiary/aromatic N) is 2. The molecule has 0 saturated carbocycles. The molecule has 0 fully saturated rings. The van der Waals surface area contributed by atoms with Gasteiger partial charge in [-0.1, -0.05) is 0 Å². The van der Waals surface area contributed by atoms with Gasteiger partial charge < -0.3 is 14.8 Å². The Morgan fingerprint density at radius 2 is 2.41 bits per heavy atom. The molecule has 7 nitrogen and oxygen atoms in total. The molecule has 2 aliphatic heterocycles. The van der Waals surface area contributed by atoms with Crippen molar-refractivity contribution in [3.63, 3.8) is 0 Å². The third-order valence-electron chi connectivity index (χ3n) is 3.64. The van der Waals surface area contributed by atoms with Crippen LogP contribution in [0.4, 0.5) is 0 Å². The van der Waals surface area contributed by atoms with Gasteiger partial charge in [-0.15, -0.1) is 0 Å². The number of aromatic nitrogens is 1. The molecule has 0 amide bonds. The molecule has 0 saturated heterocycles. The number of amidine groups is 1. The molecule has 2 aliphatic rings. The summed E-state index contributed by atoms with van der Waals surface area (Å²) in [6.45, 7) is 1.63. The number of ether oxygens (including phenoxy) is 2. The van der Waals surface area contributed by atoms with Gasteiger partial charge in [0.1, 0.15) is 12.4 Å². The second kappa shape index (κ2) is 6.57. The summed E-state index contributed by atoms with van der Waals surface area (Å²) in [5.41, 5.74) is 1.47. The van der Waals surface area contributed by atoms with Crippen LogP contribution in [0.3, 0.4) is 0 Å². The first-order valence-electron chi connectivity index (χ1n) is 7.13. The Labute approximate surface area is 128 Å². The van der Waals surface area contributed by atoms with Crippen molar-refractivity contribution in [2.24, 2.45) is 10.9 Å². The fourth-order valence-electron chi connectivity index (χ4n) is 2.46. The predicted octanol–water partition coefficient (Wildman–Crippen LogP) is 0.586. The van der Waals surface area contributed by atoms with Gasteiger partial charge in [-0.05, 0) is 18.1 Å². The average molecular weight is 302 g/mol. The molecular formula is C15H18N4O3. The molecule has 22 heavy (non-hydrogen) atoms. The van der Waals surface area contributed by atoms with Crippen molar-refractivity contribution in [3.8, 4) is 5.88 Å². The lowest BCUT2D eigenvalue weighted by Crippen LogP contribution is -2.43. The number of esters is 1. The summed E-state index contributed by atoms with van der Waals surface area (Å²) < 4.78 is 10.4. The lowest BCUT2D eigenvalue weighted by Gasteiger charge is -2.28. The number of hydrogen-bond donors (Lipinski definition) is 2. The number of carbonyl (C=O) groups is 1. The minimum absolute atomic E-state index is 0.193. The van der Waals surface area contributed by atoms with Crippen molar-refractivity contribution in [2.75, 3.05) is 20.3 Å². The van der Waals surface area contributed by atoms with E-state index in [0.29, 0.717) is 24.5 Å². The fourth-order valence-corrected chi connectivity index (χ4v) is 2.46. The van der Waals surface area contributed by atoms with E-state index in [2.05, 4.69) is 20.6 Å². The summed E-state index contributed by atoms with van der Waals surface area (Å²) in [6, 6.07) is 3.54. The van der Waals surface area contributed by atoms with Crippen LogP contribution in [0, 0.1) is 5.92 Å². The van der Waals surface area contributed by atoms with E-state index in [-0.39, 0.29) is 18.5 Å². The Kier molecular flexibility index (Phi) is 4.34. The molecule has 0 aliphatic carbocycles. The van der Waals surface area contributed by atoms with Gasteiger partial charge in [-0.3, -0.25) is 10.3 Å². The first-order valence-corrected chi connectivity index (χ1v) is 7.13. The van der Waals surface area contributed by atoms with Crippen LogP contribution in [0.2, 0.25) is 0 Å². The Bertz CT molecular complexity index is 627. The van der Waals surface area contributed by atoms with Crippen LogP contribution in [-0.4, -0.2) is 37.1 Å². The Balaban J connectivity index is 1.59. The van der Waals surface area contributed by atoms with Crippen molar-refractivity contribution in [3.05, 3.63) is 35.7 Å². The topological polar surface area (TPSA) is 84.8 Å². The quantitative estimate of drug-likeness (QED) is 0.792. The number of rotatable bonds is 4. The van der Waals surface area contributed by atoms with Crippen molar-refractivity contribution in [2.45, 2.75) is 13.0 Å². The fraction of sp³-hybridized carbons (Fsp3) is 0.400. The highest BCUT2D eigenvalue weighted by Crippen LogP contribution is 2.20. The largest absolute Gasteiger partial charge is 0.481 e. The minimum atomic E-state index is -0.312. The van der Waals surface area contributed by atoms with Gasteiger partial charge in [-0.25, -0.2) is 9.78 Å². The second-order valence-corrected chi connectivity index (χ2v) is 5.15. The van der Waals surface area contributed by atoms with E-state index in [1.54, 1.807) is 31.6 Å². The summed E-state index contributed by atoms with van der Waals surface area (Å²) in [5.74, 6) is 1.34. The maximum atomic E-state index is 12.2. The van der Waals surface area contributed by atoms with Gasteiger partial charge in [0.05, 0.1) is 19.4 Å². The molecule has 1 aromatic heterocycles. The van der Waals surface area contributed by atoms with Crippen molar-refractivity contribution in [1.29, 1.82) is 0 Å². The molecule has 3 heterocycles. The number of methoxy groups -OCH3 is 1. The summed E-state index contributed by atoms with van der Waals surface area (Å²) in [4.78, 5) is 20.5. The maximum Gasteiger partial charge on any atom is 0.335 e. The van der Waals surface area contributed by atoms with Gasteiger partial charge in [0, 0.05) is 30.9 Å². The van der Waals surface area contributed by atoms with E-state index >= 15 is 0 Å². The zero-order valence-corrected chi connectivity index (χ0v) is 12.3. The average Bonchev–Trinajstić information content (AvgIpc) is 2.59. The Hall–Kier alpha value is -2.41. The molecule has 1 unspecified atom stereocenters. The first kappa shape index (κ1) is 14.5. The summed E-state index contributed by atoms with van der Waals surface area (Å²) in [6.07, 6.45) is 3.95. The van der Waals surface area contributed by atoms with Crippen molar-refractivity contribution >= 4 is 11.8 Å². The van der Waals surface area contributed by atoms with Crippen molar-refractivity contribution < 1.29 is 14.3 Å². The van der Waals surface area contributed by atoms with Crippen LogP contribution < -0.4 is 15.4 Å². The number of carbonyl (C=O) groups excluding carboxylic acids is 1. The lowest BCUT2D eigenvalue weighted by atomic mass is 9.95. The molecule has 0 spiro atoms. The minimum Gasteiger partial charge on any atom is -0.481 e. The van der Waals surface area contributed by atoms with Crippen LogP contribution >= 0.6 is 0 Å². The van der Waals surface area contributed by atoms with Crippen LogP contribution in [0.1, 0.15) is 12.0 Å². The van der Waals surface area contributed by atoms with E-state index in [4.69, 9.17) is 9.47 Å². The third kappa shape index (κ3) is 3.25. The van der Waals surface area contributed by atoms with Crippen LogP contribution in [0.25, 0.3) is 0 Å². The number of hydrogen-bond acceptors (Lipinski definition) is 7. The molecule has 0 aromatic carbocycles. The van der Waals surface area contributed by atoms with E-state index in [1.807, 2.05) is 0 Å². The number of fused-ring (bicyclic) bond motifs is 1. The highest BCUT2D eigenvalue weighted by Gasteiger charge is 2.27. The zero-order valence-electron chi connectivity index (χ0n) is 12.3. The summed E-state index contributed by atoms with van der Waals surface area (Å²) >= 11 is 0. The van der Waals surface area contributed by atoms with Crippen LogP contribution in [0.15, 0.2) is 35.1 Å². The van der Waals surface area contributed by atoms with E-state index in [1.165, 1.54) is 0 Å². The van der Waals surface area contributed by atoms with Crippen LogP contribution in [0.5, 0.6) is 5.88 Å². The molecule has 3 rings (SSSR count). The zero-order chi connectivity index (χ0) is 15.4. The molecule has 1 atom stereocenters. The molecular weight excluding hydrogens is 284 g/mol. The van der Waals surface area contributed by atoms with E-state index in [0.717, 1.165) is 17.9 Å². The third-order valence-corrected chi connectivity index (χ3v) is 3.64. The smallest absolute Gasteiger partial charge is 0.335 e. The maximum absolute atomic E-state index is 12.2. The van der Waals surface area contributed by atoms with Gasteiger partial charge in [0.25, 0.3) is 0 Å². The Morgan fingerprint density at radius 3 is 3.27 bits per heavy atom. The molecule has 0 radical (unpaired) electrons. The van der Waals surface area contributed by atoms with Gasteiger partial charge in [-0.2, -0.15) is 0 Å². The van der Waals surface area contributed by atoms with E-state index in [9.17, 15) is 4.79 Å². The second-order valence-electron chi connectivity index (χ2n) is 5.15. The molecule has 0 bridgehead atoms. The Morgan fingerprint density at radius 1 is 1.50 bits per heavy atom. The SMILES string of the molecule is COc1cc(COC(=O)C2=CNC3=NCNCC3C2)ccn1. The number of aliphatic imine (C=N–C) groups is 1. The van der Waals surface area contributed by atoms with Crippen LogP contribution in [-0.2, 0) is 16.1 Å². The standard InChI is InChI=1S/C15H18N4O3/c1-21-13-4-10(2-3-17-13)8-22-15(20)12-5-11-6-16-9-19-14(11)18-7-12/h2-4,7,11,16H,5-6,8-9H2,1H3,(H,18,19). The number of pyridine rings is 1. The molecule has 7 heteroatoms. The first-order chi connectivity index (χ1) is 10.8. The monoisotopic (exact) mass is 302 g/mol. The van der Waals surface area contributed by atoms with E-state index < -0.39 is 0 Å². The highest BCUT2D eigenvalue weighted by atomic mass is 16.5. The van der Waals surface area contributed by atoms with Gasteiger partial charge in [0.2, 0.25) is 5.88 Å². The number of nitrogens with one attached hydrogen (secondary N) is 2. The molecule has 1 aromatic rings. The highest BCUT2D eigenvalue weighted by molar-refractivity contribution is 5.95. The van der Waals surface area contributed by atoms with Gasteiger partial charge >= 0.3 is 5.97 Å². The normalized spacial score (nSPS) is 20.1. The van der Waals surface area contributed by atoms with Crippen molar-refractivity contribution in [1.82, 2.24) is 15.6 Å².